The first-order valence-corrected chi connectivity index (χ1v) is 24.2. The van der Waals surface area contributed by atoms with Crippen molar-refractivity contribution in [3.05, 3.63) is 155 Å². The molecule has 0 amide bonds. The molecular formula is C51H42ClFN4O10S2. The summed E-state index contributed by atoms with van der Waals surface area (Å²) in [6.07, 6.45) is 0.537. The molecule has 2 aliphatic rings. The van der Waals surface area contributed by atoms with E-state index in [0.717, 1.165) is 5.56 Å². The van der Waals surface area contributed by atoms with Crippen LogP contribution in [0.4, 0.5) is 4.39 Å². The van der Waals surface area contributed by atoms with Crippen molar-refractivity contribution in [3.63, 3.8) is 0 Å². The second kappa shape index (κ2) is 20.6. The van der Waals surface area contributed by atoms with Crippen LogP contribution in [0.5, 0.6) is 28.9 Å². The third-order valence-electron chi connectivity index (χ3n) is 10.9. The molecule has 352 valence electrons. The molecule has 0 saturated heterocycles. The van der Waals surface area contributed by atoms with Crippen molar-refractivity contribution in [2.45, 2.75) is 44.0 Å². The van der Waals surface area contributed by atoms with Gasteiger partial charge in [-0.1, -0.05) is 59.6 Å². The molecule has 0 fully saturated rings. The molecule has 5 heterocycles. The second-order valence-electron chi connectivity index (χ2n) is 15.6. The monoisotopic (exact) mass is 988 g/mol. The molecule has 2 aliphatic heterocycles. The number of hydrogen-bond donors (Lipinski definition) is 0. The molecular weight excluding hydrogens is 947 g/mol. The van der Waals surface area contributed by atoms with E-state index in [1.807, 2.05) is 31.2 Å². The molecule has 3 aromatic heterocycles. The van der Waals surface area contributed by atoms with Crippen LogP contribution in [0.1, 0.15) is 23.7 Å². The number of thiophene rings is 1. The summed E-state index contributed by atoms with van der Waals surface area (Å²) >= 11 is 8.33. The van der Waals surface area contributed by atoms with E-state index in [4.69, 9.17) is 49.2 Å². The van der Waals surface area contributed by atoms with E-state index >= 15 is 0 Å². The Bertz CT molecular complexity index is 3270. The van der Waals surface area contributed by atoms with Crippen molar-refractivity contribution in [1.82, 2.24) is 19.9 Å². The van der Waals surface area contributed by atoms with Crippen molar-refractivity contribution in [1.29, 1.82) is 0 Å². The number of hydrogen-bond acceptors (Lipinski definition) is 15. The maximum Gasteiger partial charge on any atom is 0.347 e. The number of fused-ring (bicyclic) bond motifs is 7. The quantitative estimate of drug-likeness (QED) is 0.0838. The number of nitrogens with zero attached hydrogens (tertiary/aromatic N) is 4. The molecule has 5 aromatic carbocycles. The molecule has 0 saturated carbocycles. The van der Waals surface area contributed by atoms with Crippen molar-refractivity contribution < 1.29 is 50.2 Å². The number of benzene rings is 5. The first-order chi connectivity index (χ1) is 33.5. The molecule has 0 unspecified atom stereocenters. The summed E-state index contributed by atoms with van der Waals surface area (Å²) < 4.78 is 83.6. The standard InChI is InChI=1S/C51H42ClFN4O10S2/c1-4-62-51(58)44-25-33-23-36(16-20-41(33)64-26-35-21-22-54-48(57-35)39-7-5-6-8-42(39)61-3)63-27-37(28-65-69(59,60)38-17-9-30(2)10-18-38)66-43-19-13-32(24-40(43)52)45-46-49(67-44)55-29-56-50(46)68-47(45)31-11-14-34(53)15-12-31/h5-24,29,37,44H,4,25-28H2,1-3H3/t37-,44+/m0/s1. The minimum atomic E-state index is -4.23. The fourth-order valence-electron chi connectivity index (χ4n) is 7.53. The minimum absolute atomic E-state index is 0.000450. The predicted molar refractivity (Wildman–Crippen MR) is 257 cm³/mol. The molecule has 0 N–H and O–H groups in total. The van der Waals surface area contributed by atoms with Crippen LogP contribution in [-0.2, 0) is 36.9 Å². The number of carbonyl (C=O) groups is 1. The largest absolute Gasteiger partial charge is 0.496 e. The summed E-state index contributed by atoms with van der Waals surface area (Å²) in [6.45, 7) is 2.92. The van der Waals surface area contributed by atoms with E-state index in [1.165, 1.54) is 41.9 Å². The van der Waals surface area contributed by atoms with Crippen LogP contribution in [0.2, 0.25) is 5.02 Å². The Morgan fingerprint density at radius 1 is 0.899 bits per heavy atom. The molecule has 0 spiro atoms. The van der Waals surface area contributed by atoms with E-state index in [0.29, 0.717) is 71.7 Å². The zero-order valence-corrected chi connectivity index (χ0v) is 39.6. The van der Waals surface area contributed by atoms with E-state index in [9.17, 15) is 17.6 Å². The zero-order valence-electron chi connectivity index (χ0n) is 37.3. The lowest BCUT2D eigenvalue weighted by molar-refractivity contribution is -0.151. The number of halogens is 2. The van der Waals surface area contributed by atoms with Gasteiger partial charge in [0.15, 0.2) is 11.9 Å². The fourth-order valence-corrected chi connectivity index (χ4v) is 9.85. The third kappa shape index (κ3) is 10.6. The smallest absolute Gasteiger partial charge is 0.347 e. The maximum absolute atomic E-state index is 14.3. The Morgan fingerprint density at radius 2 is 1.70 bits per heavy atom. The molecule has 0 aliphatic carbocycles. The highest BCUT2D eigenvalue weighted by Gasteiger charge is 2.30. The summed E-state index contributed by atoms with van der Waals surface area (Å²) in [6, 6.07) is 31.5. The summed E-state index contributed by atoms with van der Waals surface area (Å²) in [5.41, 5.74) is 4.45. The Labute approximate surface area is 405 Å². The third-order valence-corrected chi connectivity index (χ3v) is 13.6. The minimum Gasteiger partial charge on any atom is -0.496 e. The van der Waals surface area contributed by atoms with Crippen LogP contribution in [0.15, 0.2) is 133 Å². The lowest BCUT2D eigenvalue weighted by Crippen LogP contribution is -2.32. The highest BCUT2D eigenvalue weighted by Crippen LogP contribution is 2.48. The average Bonchev–Trinajstić information content (AvgIpc) is 3.75. The molecule has 69 heavy (non-hydrogen) atoms. The van der Waals surface area contributed by atoms with Gasteiger partial charge in [-0.05, 0) is 97.8 Å². The molecule has 0 radical (unpaired) electrons. The molecule has 2 atom stereocenters. The highest BCUT2D eigenvalue weighted by molar-refractivity contribution is 7.86. The van der Waals surface area contributed by atoms with E-state index in [2.05, 4.69) is 15.0 Å². The van der Waals surface area contributed by atoms with Crippen LogP contribution in [-0.4, -0.2) is 73.5 Å². The Morgan fingerprint density at radius 3 is 2.48 bits per heavy atom. The van der Waals surface area contributed by atoms with Gasteiger partial charge in [0.2, 0.25) is 12.0 Å². The van der Waals surface area contributed by atoms with Gasteiger partial charge in [0, 0.05) is 28.6 Å². The van der Waals surface area contributed by atoms with Crippen LogP contribution in [0.25, 0.3) is 43.2 Å². The van der Waals surface area contributed by atoms with Gasteiger partial charge >= 0.3 is 5.97 Å². The summed E-state index contributed by atoms with van der Waals surface area (Å²) in [4.78, 5) is 33.6. The summed E-state index contributed by atoms with van der Waals surface area (Å²) in [5.74, 6) is 0.904. The number of aryl methyl sites for hydroxylation is 1. The van der Waals surface area contributed by atoms with Crippen molar-refractivity contribution >= 4 is 49.2 Å². The summed E-state index contributed by atoms with van der Waals surface area (Å²) in [7, 11) is -2.65. The van der Waals surface area contributed by atoms with E-state index < -0.39 is 40.7 Å². The Balaban J connectivity index is 1.14. The van der Waals surface area contributed by atoms with Crippen LogP contribution in [0.3, 0.4) is 0 Å². The van der Waals surface area contributed by atoms with Gasteiger partial charge in [-0.15, -0.1) is 11.3 Å². The lowest BCUT2D eigenvalue weighted by atomic mass is 9.99. The first kappa shape index (κ1) is 46.9. The van der Waals surface area contributed by atoms with Crippen LogP contribution >= 0.6 is 22.9 Å². The van der Waals surface area contributed by atoms with E-state index in [1.54, 1.807) is 87.0 Å². The predicted octanol–water partition coefficient (Wildman–Crippen LogP) is 10.3. The van der Waals surface area contributed by atoms with E-state index in [-0.39, 0.29) is 47.8 Å². The second-order valence-corrected chi connectivity index (χ2v) is 18.6. The molecule has 18 heteroatoms. The number of methoxy groups -OCH3 is 1. The number of aromatic nitrogens is 4. The number of carbonyl (C=O) groups excluding carboxylic acids is 1. The van der Waals surface area contributed by atoms with Gasteiger partial charge in [0.25, 0.3) is 10.1 Å². The average molecular weight is 989 g/mol. The van der Waals surface area contributed by atoms with Gasteiger partial charge in [-0.3, -0.25) is 4.18 Å². The van der Waals surface area contributed by atoms with Gasteiger partial charge in [0.05, 0.1) is 40.3 Å². The van der Waals surface area contributed by atoms with Crippen molar-refractivity contribution in [3.8, 4) is 61.8 Å². The topological polar surface area (TPSA) is 167 Å². The normalized spacial score (nSPS) is 14.8. The van der Waals surface area contributed by atoms with Gasteiger partial charge in [0.1, 0.15) is 59.8 Å². The maximum atomic E-state index is 14.3. The molecule has 4 bridgehead atoms. The first-order valence-electron chi connectivity index (χ1n) is 21.6. The SMILES string of the molecule is CCOC(=O)[C@H]1Cc2cc(ccc2OCc2ccnc(-c3ccccc3OC)n2)OC[C@@H](COS(=O)(=O)c2ccc(C)cc2)Oc2ccc(cc2Cl)-c2c(-c3ccc(F)cc3)sc3ncnc(c23)O1. The van der Waals surface area contributed by atoms with Crippen molar-refractivity contribution in [2.75, 3.05) is 26.9 Å². The Hall–Kier alpha value is -7.18. The van der Waals surface area contributed by atoms with Gasteiger partial charge in [-0.25, -0.2) is 29.1 Å². The fraction of sp³-hybridized carbons (Fsp3) is 0.196. The zero-order chi connectivity index (χ0) is 48.1. The Kier molecular flexibility index (Phi) is 14.0. The van der Waals surface area contributed by atoms with Crippen LogP contribution in [0, 0.1) is 12.7 Å². The number of ether oxygens (including phenoxy) is 6. The molecule has 14 nitrogen and oxygen atoms in total. The summed E-state index contributed by atoms with van der Waals surface area (Å²) in [5, 5.41) is 0.625. The number of para-hydroxylation sites is 1. The van der Waals surface area contributed by atoms with Gasteiger partial charge in [-0.2, -0.15) is 8.42 Å². The lowest BCUT2D eigenvalue weighted by Gasteiger charge is -2.22. The molecule has 10 rings (SSSR count). The number of esters is 1. The molecule has 8 aromatic rings. The van der Waals surface area contributed by atoms with Crippen molar-refractivity contribution in [2.24, 2.45) is 0 Å². The van der Waals surface area contributed by atoms with Gasteiger partial charge < -0.3 is 28.4 Å². The number of rotatable bonds is 12. The highest BCUT2D eigenvalue weighted by atomic mass is 35.5. The van der Waals surface area contributed by atoms with Crippen LogP contribution < -0.4 is 23.7 Å².